The third-order valence-corrected chi connectivity index (χ3v) is 14.5. The highest BCUT2D eigenvalue weighted by molar-refractivity contribution is 6.25. The fourth-order valence-corrected chi connectivity index (χ4v) is 11.5. The summed E-state index contributed by atoms with van der Waals surface area (Å²) >= 11 is 0. The highest BCUT2D eigenvalue weighted by Crippen LogP contribution is 2.44. The lowest BCUT2D eigenvalue weighted by Gasteiger charge is -2.19. The van der Waals surface area contributed by atoms with Crippen molar-refractivity contribution in [3.63, 3.8) is 0 Å². The first-order valence-electron chi connectivity index (χ1n) is 24.0. The van der Waals surface area contributed by atoms with E-state index in [0.717, 1.165) is 94.2 Å². The smallest absolute Gasteiger partial charge is 0.239 e. The molecule has 0 spiro atoms. The Kier molecular flexibility index (Phi) is 8.35. The first-order valence-corrected chi connectivity index (χ1v) is 24.0. The number of hydrogen-bond donors (Lipinski definition) is 0. The number of hydrogen-bond acceptors (Lipinski definition) is 3. The number of rotatable bonds is 6. The molecule has 1 unspecified atom stereocenters. The summed E-state index contributed by atoms with van der Waals surface area (Å²) in [6.45, 7) is 0. The van der Waals surface area contributed by atoms with Crippen molar-refractivity contribution in [3.8, 4) is 23.3 Å². The van der Waals surface area contributed by atoms with Gasteiger partial charge < -0.3 is 9.13 Å². The number of allylic oxidation sites excluding steroid dienone is 4. The SMILES string of the molecule is C1=CC(c2nc(-n3c4ccccc4c4ccc5c6ccccc6n(-c6ccccc6)c5c43)nc(-n3c4ccccc4c4ccc5c6ccccc6n(-c6ccccc6)c5c43)n2)CC=C1c1ccccc1. The van der Waals surface area contributed by atoms with Gasteiger partial charge in [0.2, 0.25) is 11.9 Å². The Morgan fingerprint density at radius 2 is 0.686 bits per heavy atom. The Bertz CT molecular complexity index is 4240. The zero-order valence-corrected chi connectivity index (χ0v) is 37.9. The van der Waals surface area contributed by atoms with Crippen LogP contribution >= 0.6 is 0 Å². The molecule has 5 heterocycles. The van der Waals surface area contributed by atoms with Gasteiger partial charge in [0.25, 0.3) is 0 Å². The summed E-state index contributed by atoms with van der Waals surface area (Å²) in [5, 5.41) is 9.23. The van der Waals surface area contributed by atoms with Crippen LogP contribution in [0.1, 0.15) is 23.7 Å². The molecule has 0 aliphatic heterocycles. The summed E-state index contributed by atoms with van der Waals surface area (Å²) in [5.41, 5.74) is 13.2. The van der Waals surface area contributed by atoms with Crippen LogP contribution in [0.5, 0.6) is 0 Å². The zero-order valence-electron chi connectivity index (χ0n) is 37.9. The fraction of sp³-hybridized carbons (Fsp3) is 0.0317. The van der Waals surface area contributed by atoms with E-state index in [1.807, 2.05) is 0 Å². The van der Waals surface area contributed by atoms with Gasteiger partial charge in [-0.15, -0.1) is 0 Å². The van der Waals surface area contributed by atoms with Crippen molar-refractivity contribution >= 4 is 92.8 Å². The molecule has 5 aromatic heterocycles. The third kappa shape index (κ3) is 5.60. The molecule has 0 saturated carbocycles. The lowest BCUT2D eigenvalue weighted by molar-refractivity contribution is 0.735. The van der Waals surface area contributed by atoms with Crippen LogP contribution < -0.4 is 0 Å². The van der Waals surface area contributed by atoms with Gasteiger partial charge in [-0.3, -0.25) is 9.13 Å². The van der Waals surface area contributed by atoms with E-state index in [1.54, 1.807) is 0 Å². The second-order valence-corrected chi connectivity index (χ2v) is 18.3. The number of nitrogens with zero attached hydrogens (tertiary/aromatic N) is 7. The molecule has 0 amide bonds. The molecule has 0 radical (unpaired) electrons. The van der Waals surface area contributed by atoms with Gasteiger partial charge in [-0.2, -0.15) is 15.0 Å². The molecule has 7 nitrogen and oxygen atoms in total. The molecule has 70 heavy (non-hydrogen) atoms. The van der Waals surface area contributed by atoms with Gasteiger partial charge in [0, 0.05) is 60.4 Å². The average molecular weight is 896 g/mol. The second kappa shape index (κ2) is 15.1. The highest BCUT2D eigenvalue weighted by Gasteiger charge is 2.27. The summed E-state index contributed by atoms with van der Waals surface area (Å²) in [5.74, 6) is 1.73. The summed E-state index contributed by atoms with van der Waals surface area (Å²) in [4.78, 5) is 17.0. The minimum atomic E-state index is -0.110. The van der Waals surface area contributed by atoms with Crippen LogP contribution in [-0.4, -0.2) is 33.2 Å². The Morgan fingerprint density at radius 1 is 0.329 bits per heavy atom. The van der Waals surface area contributed by atoms with Crippen molar-refractivity contribution in [2.45, 2.75) is 12.3 Å². The van der Waals surface area contributed by atoms with Gasteiger partial charge in [-0.05, 0) is 66.1 Å². The van der Waals surface area contributed by atoms with E-state index in [1.165, 1.54) is 21.9 Å². The van der Waals surface area contributed by atoms with Gasteiger partial charge in [0.15, 0.2) is 0 Å². The van der Waals surface area contributed by atoms with E-state index in [-0.39, 0.29) is 5.92 Å². The van der Waals surface area contributed by atoms with Gasteiger partial charge in [-0.1, -0.05) is 182 Å². The van der Waals surface area contributed by atoms with E-state index >= 15 is 0 Å². The van der Waals surface area contributed by atoms with Crippen LogP contribution in [0.25, 0.3) is 116 Å². The quantitative estimate of drug-likeness (QED) is 0.167. The molecule has 328 valence electrons. The van der Waals surface area contributed by atoms with E-state index in [0.29, 0.717) is 17.7 Å². The summed E-state index contributed by atoms with van der Waals surface area (Å²) in [7, 11) is 0. The predicted molar refractivity (Wildman–Crippen MR) is 288 cm³/mol. The monoisotopic (exact) mass is 895 g/mol. The van der Waals surface area contributed by atoms with E-state index in [9.17, 15) is 0 Å². The molecule has 0 N–H and O–H groups in total. The predicted octanol–water partition coefficient (Wildman–Crippen LogP) is 15.4. The van der Waals surface area contributed by atoms with Gasteiger partial charge in [0.05, 0.1) is 44.1 Å². The average Bonchev–Trinajstić information content (AvgIpc) is 4.17. The minimum absolute atomic E-state index is 0.110. The first-order chi connectivity index (χ1) is 34.8. The summed E-state index contributed by atoms with van der Waals surface area (Å²) in [6.07, 6.45) is 7.58. The van der Waals surface area contributed by atoms with E-state index < -0.39 is 0 Å². The Hall–Kier alpha value is -9.33. The first kappa shape index (κ1) is 38.7. The molecular formula is C63H41N7. The van der Waals surface area contributed by atoms with Crippen LogP contribution in [-0.2, 0) is 0 Å². The van der Waals surface area contributed by atoms with Crippen LogP contribution in [0.3, 0.4) is 0 Å². The lowest BCUT2D eigenvalue weighted by Crippen LogP contribution is -2.14. The molecule has 7 heteroatoms. The molecule has 0 fully saturated rings. The molecule has 15 rings (SSSR count). The molecule has 14 aromatic rings. The van der Waals surface area contributed by atoms with Crippen molar-refractivity contribution in [1.29, 1.82) is 0 Å². The standard InChI is InChI=1S/C63H41N7/c1-4-18-40(19-5-1)41-32-34-42(35-33-41)61-64-62(69-55-30-16-12-26-47(55)51-38-36-49-45-24-10-14-28-53(45)67(57(49)59(51)69)43-20-6-2-7-21-43)66-63(65-61)70-56-31-17-13-27-48(56)52-39-37-50-46-25-11-15-29-54(46)68(58(50)60(52)70)44-22-8-3-9-23-44/h1-34,36-39,42H,35H2. The second-order valence-electron chi connectivity index (χ2n) is 18.3. The van der Waals surface area contributed by atoms with Crippen LogP contribution in [0, 0.1) is 0 Å². The van der Waals surface area contributed by atoms with Crippen molar-refractivity contribution in [1.82, 2.24) is 33.2 Å². The zero-order chi connectivity index (χ0) is 45.9. The number of para-hydroxylation sites is 6. The van der Waals surface area contributed by atoms with Gasteiger partial charge in [-0.25, -0.2) is 0 Å². The Balaban J connectivity index is 1.09. The lowest BCUT2D eigenvalue weighted by atomic mass is 9.92. The molecule has 9 aromatic carbocycles. The Morgan fingerprint density at radius 3 is 1.09 bits per heavy atom. The van der Waals surface area contributed by atoms with E-state index in [2.05, 4.69) is 249 Å². The normalized spacial score (nSPS) is 14.1. The van der Waals surface area contributed by atoms with Crippen LogP contribution in [0.2, 0.25) is 0 Å². The van der Waals surface area contributed by atoms with Gasteiger partial charge in [0.1, 0.15) is 5.82 Å². The maximum atomic E-state index is 5.75. The third-order valence-electron chi connectivity index (χ3n) is 14.5. The maximum absolute atomic E-state index is 5.75. The molecular weight excluding hydrogens is 855 g/mol. The Labute approximate surface area is 401 Å². The highest BCUT2D eigenvalue weighted by atomic mass is 15.3. The molecule has 0 bridgehead atoms. The molecule has 1 aliphatic carbocycles. The molecule has 1 atom stereocenters. The fourth-order valence-electron chi connectivity index (χ4n) is 11.5. The topological polar surface area (TPSA) is 58.4 Å². The number of aromatic nitrogens is 7. The largest absolute Gasteiger partial charge is 0.307 e. The minimum Gasteiger partial charge on any atom is -0.307 e. The maximum Gasteiger partial charge on any atom is 0.239 e. The summed E-state index contributed by atoms with van der Waals surface area (Å²) in [6, 6.07) is 76.0. The van der Waals surface area contributed by atoms with Gasteiger partial charge >= 0.3 is 0 Å². The van der Waals surface area contributed by atoms with Crippen molar-refractivity contribution in [3.05, 3.63) is 242 Å². The van der Waals surface area contributed by atoms with Crippen molar-refractivity contribution < 1.29 is 0 Å². The summed E-state index contributed by atoms with van der Waals surface area (Å²) < 4.78 is 9.44. The van der Waals surface area contributed by atoms with Crippen LogP contribution in [0.4, 0.5) is 0 Å². The van der Waals surface area contributed by atoms with E-state index in [4.69, 9.17) is 15.0 Å². The van der Waals surface area contributed by atoms with Crippen molar-refractivity contribution in [2.75, 3.05) is 0 Å². The van der Waals surface area contributed by atoms with Crippen LogP contribution in [0.15, 0.2) is 231 Å². The molecule has 1 aliphatic rings. The molecule has 0 saturated heterocycles. The van der Waals surface area contributed by atoms with Crippen molar-refractivity contribution in [2.24, 2.45) is 0 Å². The number of fused-ring (bicyclic) bond motifs is 14. The number of benzene rings is 9.